The fraction of sp³-hybridized carbons (Fsp3) is 0.800. The molecule has 4 nitrogen and oxygen atoms in total. The van der Waals surface area contributed by atoms with E-state index in [1.807, 2.05) is 0 Å². The van der Waals surface area contributed by atoms with Crippen LogP contribution in [0, 0.1) is 5.92 Å². The molecule has 0 saturated carbocycles. The number of carboxylic acid groups (broad SMARTS) is 1. The normalized spacial score (nSPS) is 12.1. The standard InChI is InChI=1S/C30H54O4/c1-3-5-6-7-8-9-10-11-12-13-14-15-16-17-18-19-20-21-22-23-24-25-28(30(32)33)27-29(31)34-26-4-2/h4,13-14,28H,2-3,5-12,15-27H2,1H3,(H,32,33)/b14-13+. The molecule has 0 radical (unpaired) electrons. The van der Waals surface area contributed by atoms with E-state index in [1.165, 1.54) is 109 Å². The quantitative estimate of drug-likeness (QED) is 0.0764. The lowest BCUT2D eigenvalue weighted by Gasteiger charge is -2.11. The Balaban J connectivity index is 3.40. The number of allylic oxidation sites excluding steroid dienone is 2. The summed E-state index contributed by atoms with van der Waals surface area (Å²) in [6.07, 6.45) is 31.2. The topological polar surface area (TPSA) is 63.6 Å². The number of esters is 1. The van der Waals surface area contributed by atoms with Gasteiger partial charge in [0.2, 0.25) is 0 Å². The molecule has 1 unspecified atom stereocenters. The van der Waals surface area contributed by atoms with Gasteiger partial charge in [-0.2, -0.15) is 0 Å². The summed E-state index contributed by atoms with van der Waals surface area (Å²) >= 11 is 0. The van der Waals surface area contributed by atoms with Gasteiger partial charge in [0.15, 0.2) is 0 Å². The average molecular weight is 479 g/mol. The van der Waals surface area contributed by atoms with E-state index in [4.69, 9.17) is 4.74 Å². The summed E-state index contributed by atoms with van der Waals surface area (Å²) in [7, 11) is 0. The van der Waals surface area contributed by atoms with Crippen molar-refractivity contribution in [1.29, 1.82) is 0 Å². The molecule has 198 valence electrons. The zero-order valence-electron chi connectivity index (χ0n) is 22.2. The van der Waals surface area contributed by atoms with Crippen LogP contribution < -0.4 is 0 Å². The monoisotopic (exact) mass is 478 g/mol. The molecular formula is C30H54O4. The minimum absolute atomic E-state index is 0.0441. The van der Waals surface area contributed by atoms with Crippen molar-refractivity contribution in [3.05, 3.63) is 24.8 Å². The Morgan fingerprint density at radius 2 is 1.18 bits per heavy atom. The van der Waals surface area contributed by atoms with Crippen LogP contribution in [-0.4, -0.2) is 23.7 Å². The van der Waals surface area contributed by atoms with Crippen molar-refractivity contribution >= 4 is 11.9 Å². The smallest absolute Gasteiger partial charge is 0.307 e. The van der Waals surface area contributed by atoms with Crippen molar-refractivity contribution < 1.29 is 19.4 Å². The van der Waals surface area contributed by atoms with Crippen LogP contribution >= 0.6 is 0 Å². The molecule has 0 bridgehead atoms. The predicted molar refractivity (Wildman–Crippen MR) is 144 cm³/mol. The van der Waals surface area contributed by atoms with Crippen molar-refractivity contribution in [3.8, 4) is 0 Å². The number of carboxylic acids is 1. The summed E-state index contributed by atoms with van der Waals surface area (Å²) in [5, 5.41) is 9.28. The first-order valence-electron chi connectivity index (χ1n) is 14.3. The Morgan fingerprint density at radius 1 is 0.735 bits per heavy atom. The summed E-state index contributed by atoms with van der Waals surface area (Å²) in [5.74, 6) is -1.99. The van der Waals surface area contributed by atoms with Crippen molar-refractivity contribution in [1.82, 2.24) is 0 Å². The van der Waals surface area contributed by atoms with Crippen LogP contribution in [0.1, 0.15) is 142 Å². The van der Waals surface area contributed by atoms with Crippen LogP contribution in [0.2, 0.25) is 0 Å². The zero-order chi connectivity index (χ0) is 25.1. The van der Waals surface area contributed by atoms with Crippen LogP contribution in [0.15, 0.2) is 24.8 Å². The molecule has 0 aromatic rings. The van der Waals surface area contributed by atoms with Gasteiger partial charge < -0.3 is 9.84 Å². The van der Waals surface area contributed by atoms with Gasteiger partial charge in [0.25, 0.3) is 0 Å². The second-order valence-electron chi connectivity index (χ2n) is 9.71. The number of unbranched alkanes of at least 4 members (excludes halogenated alkanes) is 17. The molecule has 0 aromatic carbocycles. The van der Waals surface area contributed by atoms with E-state index >= 15 is 0 Å². The molecule has 0 aromatic heterocycles. The molecule has 1 atom stereocenters. The molecule has 0 aliphatic heterocycles. The molecular weight excluding hydrogens is 424 g/mol. The molecule has 0 amide bonds. The number of carbonyl (C=O) groups excluding carboxylic acids is 1. The Labute approximate surface area is 210 Å². The van der Waals surface area contributed by atoms with Crippen molar-refractivity contribution in [3.63, 3.8) is 0 Å². The molecule has 0 rings (SSSR count). The average Bonchev–Trinajstić information content (AvgIpc) is 2.82. The van der Waals surface area contributed by atoms with Crippen LogP contribution in [0.25, 0.3) is 0 Å². The minimum atomic E-state index is -0.904. The van der Waals surface area contributed by atoms with Gasteiger partial charge in [0.1, 0.15) is 6.61 Å². The molecule has 0 fully saturated rings. The van der Waals surface area contributed by atoms with Crippen LogP contribution in [-0.2, 0) is 14.3 Å². The summed E-state index contributed by atoms with van der Waals surface area (Å²) < 4.78 is 4.90. The van der Waals surface area contributed by atoms with E-state index in [1.54, 1.807) is 0 Å². The van der Waals surface area contributed by atoms with Gasteiger partial charge in [-0.25, -0.2) is 0 Å². The van der Waals surface area contributed by atoms with E-state index in [2.05, 4.69) is 25.7 Å². The van der Waals surface area contributed by atoms with Gasteiger partial charge in [0, 0.05) is 0 Å². The Bertz CT molecular complexity index is 512. The number of carbonyl (C=O) groups is 2. The molecule has 0 heterocycles. The van der Waals surface area contributed by atoms with Crippen molar-refractivity contribution in [2.45, 2.75) is 142 Å². The lowest BCUT2D eigenvalue weighted by atomic mass is 9.97. The summed E-state index contributed by atoms with van der Waals surface area (Å²) in [6, 6.07) is 0. The maximum absolute atomic E-state index is 11.6. The van der Waals surface area contributed by atoms with E-state index in [-0.39, 0.29) is 13.0 Å². The largest absolute Gasteiger partial charge is 0.481 e. The second kappa shape index (κ2) is 26.0. The highest BCUT2D eigenvalue weighted by molar-refractivity contribution is 5.78. The van der Waals surface area contributed by atoms with Gasteiger partial charge in [-0.1, -0.05) is 128 Å². The fourth-order valence-corrected chi connectivity index (χ4v) is 4.25. The van der Waals surface area contributed by atoms with E-state index in [0.29, 0.717) is 6.42 Å². The van der Waals surface area contributed by atoms with E-state index in [0.717, 1.165) is 19.3 Å². The van der Waals surface area contributed by atoms with Gasteiger partial charge in [-0.05, 0) is 32.1 Å². The molecule has 4 heteroatoms. The molecule has 0 aliphatic rings. The van der Waals surface area contributed by atoms with Crippen molar-refractivity contribution in [2.24, 2.45) is 5.92 Å². The SMILES string of the molecule is C=CCOC(=O)CC(CCCCCCCCCCC/C=C/CCCCCCCCCC)C(=O)O. The predicted octanol–water partition coefficient (Wildman–Crippen LogP) is 9.18. The van der Waals surface area contributed by atoms with Gasteiger partial charge in [0.05, 0.1) is 12.3 Å². The third-order valence-corrected chi connectivity index (χ3v) is 6.44. The van der Waals surface area contributed by atoms with Crippen LogP contribution in [0.3, 0.4) is 0 Å². The first-order chi connectivity index (χ1) is 16.6. The number of ether oxygens (including phenoxy) is 1. The van der Waals surface area contributed by atoms with Crippen LogP contribution in [0.4, 0.5) is 0 Å². The highest BCUT2D eigenvalue weighted by atomic mass is 16.5. The van der Waals surface area contributed by atoms with Gasteiger partial charge in [-0.15, -0.1) is 0 Å². The summed E-state index contributed by atoms with van der Waals surface area (Å²) in [4.78, 5) is 22.9. The second-order valence-corrected chi connectivity index (χ2v) is 9.71. The molecule has 34 heavy (non-hydrogen) atoms. The molecule has 0 spiro atoms. The lowest BCUT2D eigenvalue weighted by molar-refractivity contribution is -0.151. The Morgan fingerprint density at radius 3 is 1.62 bits per heavy atom. The number of hydrogen-bond acceptors (Lipinski definition) is 3. The van der Waals surface area contributed by atoms with Gasteiger partial charge in [-0.3, -0.25) is 9.59 Å². The maximum Gasteiger partial charge on any atom is 0.307 e. The highest BCUT2D eigenvalue weighted by Gasteiger charge is 2.21. The zero-order valence-corrected chi connectivity index (χ0v) is 22.2. The molecule has 1 N–H and O–H groups in total. The minimum Gasteiger partial charge on any atom is -0.481 e. The summed E-state index contributed by atoms with van der Waals surface area (Å²) in [5.41, 5.74) is 0. The number of aliphatic carboxylic acids is 1. The Kier molecular flexibility index (Phi) is 24.8. The highest BCUT2D eigenvalue weighted by Crippen LogP contribution is 2.17. The third-order valence-electron chi connectivity index (χ3n) is 6.44. The van der Waals surface area contributed by atoms with E-state index in [9.17, 15) is 14.7 Å². The lowest BCUT2D eigenvalue weighted by Crippen LogP contribution is -2.19. The first kappa shape index (κ1) is 32.4. The first-order valence-corrected chi connectivity index (χ1v) is 14.3. The van der Waals surface area contributed by atoms with E-state index < -0.39 is 17.9 Å². The number of rotatable bonds is 26. The molecule has 0 saturated heterocycles. The maximum atomic E-state index is 11.6. The number of hydrogen-bond donors (Lipinski definition) is 1. The fourth-order valence-electron chi connectivity index (χ4n) is 4.25. The molecule has 0 aliphatic carbocycles. The third kappa shape index (κ3) is 23.6. The van der Waals surface area contributed by atoms with Crippen LogP contribution in [0.5, 0.6) is 0 Å². The summed E-state index contributed by atoms with van der Waals surface area (Å²) in [6.45, 7) is 5.90. The Hall–Kier alpha value is -1.58. The van der Waals surface area contributed by atoms with Crippen molar-refractivity contribution in [2.75, 3.05) is 6.61 Å². The van der Waals surface area contributed by atoms with Gasteiger partial charge >= 0.3 is 11.9 Å².